The Labute approximate surface area is 76.0 Å². The summed E-state index contributed by atoms with van der Waals surface area (Å²) in [6, 6.07) is 0. The number of nitrogens with zero attached hydrogens (tertiary/aromatic N) is 1. The van der Waals surface area contributed by atoms with E-state index in [4.69, 9.17) is 9.47 Å². The van der Waals surface area contributed by atoms with Gasteiger partial charge < -0.3 is 14.4 Å². The molecule has 3 nitrogen and oxygen atoms in total. The van der Waals surface area contributed by atoms with Gasteiger partial charge in [0.25, 0.3) is 0 Å². The lowest BCUT2D eigenvalue weighted by Crippen LogP contribution is -2.28. The van der Waals surface area contributed by atoms with Crippen LogP contribution in [0.2, 0.25) is 0 Å². The molecule has 0 aromatic carbocycles. The molecule has 0 radical (unpaired) electrons. The van der Waals surface area contributed by atoms with Gasteiger partial charge in [0, 0.05) is 7.05 Å². The molecule has 0 unspecified atom stereocenters. The minimum absolute atomic E-state index is 0.336. The predicted molar refractivity (Wildman–Crippen MR) is 51.5 cm³/mol. The molecule has 1 saturated heterocycles. The maximum Gasteiger partial charge on any atom is 0.192 e. The van der Waals surface area contributed by atoms with E-state index in [2.05, 4.69) is 6.58 Å². The molecule has 0 aromatic rings. The van der Waals surface area contributed by atoms with E-state index in [0.29, 0.717) is 19.4 Å². The molecule has 0 N–H and O–H groups in total. The van der Waals surface area contributed by atoms with E-state index >= 15 is 0 Å². The molecule has 1 aliphatic rings. The van der Waals surface area contributed by atoms with Crippen molar-refractivity contribution in [3.63, 3.8) is 0 Å². The highest BCUT2D eigenvalue weighted by molar-refractivity contribution is 4.79. The Morgan fingerprint density at radius 1 is 1.25 bits per heavy atom. The molecule has 1 rings (SSSR count). The molecule has 3 heteroatoms. The average molecular weight is 175 g/mol. The van der Waals surface area contributed by atoms with Crippen molar-refractivity contribution in [1.82, 2.24) is 4.90 Å². The van der Waals surface area contributed by atoms with Crippen LogP contribution in [-0.2, 0) is 9.47 Å². The Morgan fingerprint density at radius 3 is 2.00 bits per heavy atom. The lowest BCUT2D eigenvalue weighted by atomic mass is 10.7. The molecule has 12 heavy (non-hydrogen) atoms. The summed E-state index contributed by atoms with van der Waals surface area (Å²) in [7, 11) is 1.86. The first-order valence-electron chi connectivity index (χ1n) is 4.41. The van der Waals surface area contributed by atoms with Crippen LogP contribution in [0.4, 0.5) is 0 Å². The Hall–Kier alpha value is -0.700. The fourth-order valence-corrected chi connectivity index (χ4v) is 0.466. The first-order valence-corrected chi connectivity index (χ1v) is 4.41. The third-order valence-electron chi connectivity index (χ3n) is 1.02. The molecule has 1 fully saturated rings. The first kappa shape index (κ1) is 13.9. The molecule has 0 spiro atoms. The first-order chi connectivity index (χ1) is 5.80. The van der Waals surface area contributed by atoms with E-state index in [0.717, 1.165) is 0 Å². The van der Waals surface area contributed by atoms with E-state index in [1.54, 1.807) is 4.90 Å². The van der Waals surface area contributed by atoms with E-state index in [1.165, 1.54) is 0 Å². The van der Waals surface area contributed by atoms with Gasteiger partial charge in [0.1, 0.15) is 6.73 Å². The normalized spacial score (nSPS) is 14.8. The van der Waals surface area contributed by atoms with E-state index in [1.807, 2.05) is 34.7 Å². The summed E-state index contributed by atoms with van der Waals surface area (Å²) in [4.78, 5) is 1.80. The summed E-state index contributed by atoms with van der Waals surface area (Å²) >= 11 is 0. The monoisotopic (exact) mass is 175 g/mol. The predicted octanol–water partition coefficient (Wildman–Crippen LogP) is 2.40. The van der Waals surface area contributed by atoms with Crippen LogP contribution < -0.4 is 0 Å². The van der Waals surface area contributed by atoms with Gasteiger partial charge in [-0.1, -0.05) is 27.7 Å². The minimum Gasteiger partial charge on any atom is -0.453 e. The second kappa shape index (κ2) is 10.3. The van der Waals surface area contributed by atoms with Crippen LogP contribution in [0.25, 0.3) is 0 Å². The molecule has 0 aromatic heterocycles. The zero-order valence-electron chi connectivity index (χ0n) is 8.89. The molecule has 0 bridgehead atoms. The highest BCUT2D eigenvalue weighted by atomic mass is 16.7. The van der Waals surface area contributed by atoms with Crippen LogP contribution in [0.1, 0.15) is 27.7 Å². The summed E-state index contributed by atoms with van der Waals surface area (Å²) in [5.74, 6) is 0.677. The van der Waals surface area contributed by atoms with Crippen LogP contribution >= 0.6 is 0 Å². The van der Waals surface area contributed by atoms with Crippen LogP contribution in [0, 0.1) is 0 Å². The van der Waals surface area contributed by atoms with Gasteiger partial charge in [-0.15, -0.1) is 0 Å². The second-order valence-electron chi connectivity index (χ2n) is 1.69. The van der Waals surface area contributed by atoms with Crippen molar-refractivity contribution < 1.29 is 9.47 Å². The quantitative estimate of drug-likeness (QED) is 0.564. The molecule has 74 valence electrons. The van der Waals surface area contributed by atoms with Crippen LogP contribution in [0.15, 0.2) is 12.5 Å². The zero-order valence-corrected chi connectivity index (χ0v) is 8.89. The third-order valence-corrected chi connectivity index (χ3v) is 1.02. The summed E-state index contributed by atoms with van der Waals surface area (Å²) < 4.78 is 9.79. The van der Waals surface area contributed by atoms with Crippen molar-refractivity contribution in [3.8, 4) is 0 Å². The maximum absolute atomic E-state index is 4.90. The number of hydrogen-bond acceptors (Lipinski definition) is 3. The van der Waals surface area contributed by atoms with Gasteiger partial charge in [-0.2, -0.15) is 0 Å². The van der Waals surface area contributed by atoms with E-state index in [9.17, 15) is 0 Å². The third kappa shape index (κ3) is 6.04. The average Bonchev–Trinajstić information content (AvgIpc) is 2.17. The number of hydrogen-bond donors (Lipinski definition) is 0. The number of ether oxygens (including phenoxy) is 2. The topological polar surface area (TPSA) is 21.7 Å². The zero-order chi connectivity index (χ0) is 9.98. The van der Waals surface area contributed by atoms with Crippen molar-refractivity contribution in [2.75, 3.05) is 20.6 Å². The van der Waals surface area contributed by atoms with Crippen molar-refractivity contribution in [2.45, 2.75) is 27.7 Å². The fraction of sp³-hybridized carbons (Fsp3) is 0.778. The molecule has 0 aliphatic carbocycles. The summed E-state index contributed by atoms with van der Waals surface area (Å²) in [6.45, 7) is 12.5. The summed E-state index contributed by atoms with van der Waals surface area (Å²) in [5, 5.41) is 0. The molecule has 1 heterocycles. The minimum atomic E-state index is 0.336. The fourth-order valence-electron chi connectivity index (χ4n) is 0.466. The highest BCUT2D eigenvalue weighted by Gasteiger charge is 2.07. The van der Waals surface area contributed by atoms with E-state index < -0.39 is 0 Å². The SMILES string of the molecule is C=C1OCOCN1C.CC.CC. The molecule has 1 aliphatic heterocycles. The number of rotatable bonds is 0. The Bertz CT molecular complexity index is 105. The largest absolute Gasteiger partial charge is 0.453 e. The second-order valence-corrected chi connectivity index (χ2v) is 1.69. The Kier molecular flexibility index (Phi) is 11.9. The van der Waals surface area contributed by atoms with Gasteiger partial charge in [0.15, 0.2) is 12.7 Å². The van der Waals surface area contributed by atoms with Gasteiger partial charge >= 0.3 is 0 Å². The molecular weight excluding hydrogens is 154 g/mol. The van der Waals surface area contributed by atoms with Gasteiger partial charge in [0.2, 0.25) is 0 Å². The standard InChI is InChI=1S/C5H9NO2.2C2H6/c1-5-6(2)3-7-4-8-5;2*1-2/h1,3-4H2,2H3;2*1-2H3. The molecule has 0 atom stereocenters. The van der Waals surface area contributed by atoms with Crippen molar-refractivity contribution in [3.05, 3.63) is 12.5 Å². The van der Waals surface area contributed by atoms with Gasteiger partial charge in [-0.3, -0.25) is 0 Å². The van der Waals surface area contributed by atoms with Crippen LogP contribution in [0.3, 0.4) is 0 Å². The van der Waals surface area contributed by atoms with Gasteiger partial charge in [-0.25, -0.2) is 0 Å². The van der Waals surface area contributed by atoms with Crippen LogP contribution in [0.5, 0.6) is 0 Å². The Balaban J connectivity index is 0. The Morgan fingerprint density at radius 2 is 1.75 bits per heavy atom. The van der Waals surface area contributed by atoms with Crippen molar-refractivity contribution >= 4 is 0 Å². The lowest BCUT2D eigenvalue weighted by Gasteiger charge is -2.26. The summed E-state index contributed by atoms with van der Waals surface area (Å²) in [5.41, 5.74) is 0. The van der Waals surface area contributed by atoms with Crippen molar-refractivity contribution in [2.24, 2.45) is 0 Å². The highest BCUT2D eigenvalue weighted by Crippen LogP contribution is 2.05. The smallest absolute Gasteiger partial charge is 0.192 e. The van der Waals surface area contributed by atoms with Crippen molar-refractivity contribution in [1.29, 1.82) is 0 Å². The summed E-state index contributed by atoms with van der Waals surface area (Å²) in [6.07, 6.45) is 0. The maximum atomic E-state index is 4.90. The van der Waals surface area contributed by atoms with Gasteiger partial charge in [0.05, 0.1) is 0 Å². The molecule has 0 saturated carbocycles. The van der Waals surface area contributed by atoms with E-state index in [-0.39, 0.29) is 0 Å². The molecular formula is C9H21NO2. The van der Waals surface area contributed by atoms with Gasteiger partial charge in [-0.05, 0) is 6.58 Å². The lowest BCUT2D eigenvalue weighted by molar-refractivity contribution is -0.129. The molecule has 0 amide bonds. The van der Waals surface area contributed by atoms with Crippen LogP contribution in [-0.4, -0.2) is 25.5 Å².